The largest absolute Gasteiger partial charge is 0.497 e. The number of unbranched alkanes of at least 4 members (excludes halogenated alkanes) is 3. The van der Waals surface area contributed by atoms with Gasteiger partial charge in [0.2, 0.25) is 0 Å². The standard InChI is InChI=1S/C21H25BrN2O3S/c1-3-4-5-6-12-27-19-11-10-15(22)13-18(19)20(25)24-21(28)23-16-8-7-9-17(14-16)26-2/h7-11,13-14H,3-6,12H2,1-2H3,(H2,23,24,25,28). The molecule has 0 atom stereocenters. The lowest BCUT2D eigenvalue weighted by Gasteiger charge is -2.14. The van der Waals surface area contributed by atoms with Crippen molar-refractivity contribution in [3.63, 3.8) is 0 Å². The van der Waals surface area contributed by atoms with Gasteiger partial charge in [-0.1, -0.05) is 48.2 Å². The summed E-state index contributed by atoms with van der Waals surface area (Å²) in [7, 11) is 1.59. The first kappa shape index (κ1) is 22.2. The Bertz CT molecular complexity index is 814. The topological polar surface area (TPSA) is 59.6 Å². The van der Waals surface area contributed by atoms with E-state index in [1.165, 1.54) is 12.8 Å². The molecule has 2 rings (SSSR count). The zero-order chi connectivity index (χ0) is 20.4. The van der Waals surface area contributed by atoms with E-state index in [0.717, 1.165) is 23.0 Å². The predicted molar refractivity (Wildman–Crippen MR) is 120 cm³/mol. The summed E-state index contributed by atoms with van der Waals surface area (Å²) in [6, 6.07) is 12.7. The molecular weight excluding hydrogens is 440 g/mol. The second-order valence-corrected chi connectivity index (χ2v) is 7.51. The van der Waals surface area contributed by atoms with Crippen LogP contribution in [0.15, 0.2) is 46.9 Å². The van der Waals surface area contributed by atoms with Crippen LogP contribution in [0.1, 0.15) is 43.0 Å². The average Bonchev–Trinajstić information content (AvgIpc) is 2.68. The third-order valence-electron chi connectivity index (χ3n) is 4.00. The summed E-state index contributed by atoms with van der Waals surface area (Å²) < 4.78 is 11.8. The van der Waals surface area contributed by atoms with E-state index in [9.17, 15) is 4.79 Å². The van der Waals surface area contributed by atoms with Crippen LogP contribution in [-0.4, -0.2) is 24.7 Å². The number of anilines is 1. The second kappa shape index (κ2) is 11.7. The maximum absolute atomic E-state index is 12.7. The van der Waals surface area contributed by atoms with Crippen molar-refractivity contribution in [2.45, 2.75) is 32.6 Å². The number of methoxy groups -OCH3 is 1. The molecule has 2 N–H and O–H groups in total. The van der Waals surface area contributed by atoms with Gasteiger partial charge in [-0.15, -0.1) is 0 Å². The second-order valence-electron chi connectivity index (χ2n) is 6.19. The Morgan fingerprint density at radius 1 is 1.14 bits per heavy atom. The monoisotopic (exact) mass is 464 g/mol. The van der Waals surface area contributed by atoms with E-state index >= 15 is 0 Å². The van der Waals surface area contributed by atoms with Crippen LogP contribution >= 0.6 is 28.1 Å². The summed E-state index contributed by atoms with van der Waals surface area (Å²) in [5, 5.41) is 5.89. The van der Waals surface area contributed by atoms with Crippen LogP contribution in [0.5, 0.6) is 11.5 Å². The highest BCUT2D eigenvalue weighted by Gasteiger charge is 2.15. The van der Waals surface area contributed by atoms with Gasteiger partial charge in [0.25, 0.3) is 5.91 Å². The Hall–Kier alpha value is -2.12. The molecule has 0 bridgehead atoms. The summed E-state index contributed by atoms with van der Waals surface area (Å²) in [4.78, 5) is 12.7. The molecule has 0 fully saturated rings. The van der Waals surface area contributed by atoms with Gasteiger partial charge in [-0.05, 0) is 49.0 Å². The van der Waals surface area contributed by atoms with E-state index in [1.54, 1.807) is 25.3 Å². The lowest BCUT2D eigenvalue weighted by atomic mass is 10.2. The normalized spacial score (nSPS) is 10.2. The highest BCUT2D eigenvalue weighted by molar-refractivity contribution is 9.10. The third-order valence-corrected chi connectivity index (χ3v) is 4.69. The molecule has 5 nitrogen and oxygen atoms in total. The van der Waals surface area contributed by atoms with Gasteiger partial charge in [0.15, 0.2) is 5.11 Å². The Morgan fingerprint density at radius 3 is 2.71 bits per heavy atom. The molecule has 0 radical (unpaired) electrons. The van der Waals surface area contributed by atoms with Crippen LogP contribution < -0.4 is 20.1 Å². The van der Waals surface area contributed by atoms with Crippen molar-refractivity contribution in [1.82, 2.24) is 5.32 Å². The molecule has 0 saturated carbocycles. The van der Waals surface area contributed by atoms with Crippen molar-refractivity contribution in [1.29, 1.82) is 0 Å². The molecule has 7 heteroatoms. The lowest BCUT2D eigenvalue weighted by Crippen LogP contribution is -2.34. The van der Waals surface area contributed by atoms with Crippen LogP contribution in [0, 0.1) is 0 Å². The number of nitrogens with one attached hydrogen (secondary N) is 2. The number of hydrogen-bond acceptors (Lipinski definition) is 4. The Balaban J connectivity index is 1.99. The van der Waals surface area contributed by atoms with E-state index in [-0.39, 0.29) is 11.0 Å². The van der Waals surface area contributed by atoms with E-state index in [4.69, 9.17) is 21.7 Å². The SMILES string of the molecule is CCCCCCOc1ccc(Br)cc1C(=O)NC(=S)Nc1cccc(OC)c1. The van der Waals surface area contributed by atoms with Gasteiger partial charge in [-0.25, -0.2) is 0 Å². The number of ether oxygens (including phenoxy) is 2. The number of benzene rings is 2. The first-order valence-electron chi connectivity index (χ1n) is 9.22. The smallest absolute Gasteiger partial charge is 0.261 e. The predicted octanol–water partition coefficient (Wildman–Crippen LogP) is 5.54. The summed E-state index contributed by atoms with van der Waals surface area (Å²) >= 11 is 8.67. The van der Waals surface area contributed by atoms with Crippen LogP contribution in [0.25, 0.3) is 0 Å². The summed E-state index contributed by atoms with van der Waals surface area (Å²) in [6.07, 6.45) is 4.43. The van der Waals surface area contributed by atoms with Crippen LogP contribution in [0.3, 0.4) is 0 Å². The average molecular weight is 465 g/mol. The lowest BCUT2D eigenvalue weighted by molar-refractivity contribution is 0.0973. The minimum Gasteiger partial charge on any atom is -0.497 e. The summed E-state index contributed by atoms with van der Waals surface area (Å²) in [5.41, 5.74) is 1.16. The molecule has 2 aromatic carbocycles. The number of amides is 1. The Labute approximate surface area is 179 Å². The van der Waals surface area contributed by atoms with Gasteiger partial charge in [0, 0.05) is 16.2 Å². The molecule has 0 unspecified atom stereocenters. The van der Waals surface area contributed by atoms with Crippen molar-refractivity contribution >= 4 is 44.9 Å². The molecule has 0 aliphatic rings. The molecule has 28 heavy (non-hydrogen) atoms. The fourth-order valence-corrected chi connectivity index (χ4v) is 3.12. The van der Waals surface area contributed by atoms with Crippen molar-refractivity contribution in [2.75, 3.05) is 19.0 Å². The first-order chi connectivity index (χ1) is 13.5. The number of halogens is 1. The number of hydrogen-bond donors (Lipinski definition) is 2. The quantitative estimate of drug-likeness (QED) is 0.376. The molecule has 150 valence electrons. The zero-order valence-electron chi connectivity index (χ0n) is 16.1. The van der Waals surface area contributed by atoms with Crippen LogP contribution in [0.2, 0.25) is 0 Å². The molecule has 0 heterocycles. The van der Waals surface area contributed by atoms with Crippen LogP contribution in [0.4, 0.5) is 5.69 Å². The van der Waals surface area contributed by atoms with Crippen molar-refractivity contribution in [3.8, 4) is 11.5 Å². The zero-order valence-corrected chi connectivity index (χ0v) is 18.5. The summed E-state index contributed by atoms with van der Waals surface area (Å²) in [6.45, 7) is 2.74. The third kappa shape index (κ3) is 7.13. The number of carbonyl (C=O) groups is 1. The van der Waals surface area contributed by atoms with E-state index in [2.05, 4.69) is 33.5 Å². The first-order valence-corrected chi connectivity index (χ1v) is 10.4. The van der Waals surface area contributed by atoms with Crippen molar-refractivity contribution < 1.29 is 14.3 Å². The molecular formula is C21H25BrN2O3S. The van der Waals surface area contributed by atoms with Gasteiger partial charge in [-0.2, -0.15) is 0 Å². The van der Waals surface area contributed by atoms with Gasteiger partial charge in [0.1, 0.15) is 11.5 Å². The molecule has 1 amide bonds. The molecule has 0 aliphatic heterocycles. The molecule has 0 aromatic heterocycles. The van der Waals surface area contributed by atoms with Gasteiger partial charge >= 0.3 is 0 Å². The maximum Gasteiger partial charge on any atom is 0.261 e. The van der Waals surface area contributed by atoms with Crippen molar-refractivity contribution in [2.24, 2.45) is 0 Å². The van der Waals surface area contributed by atoms with Gasteiger partial charge < -0.3 is 14.8 Å². The van der Waals surface area contributed by atoms with Crippen molar-refractivity contribution in [3.05, 3.63) is 52.5 Å². The maximum atomic E-state index is 12.7. The van der Waals surface area contributed by atoms with Gasteiger partial charge in [-0.3, -0.25) is 10.1 Å². The highest BCUT2D eigenvalue weighted by atomic mass is 79.9. The molecule has 0 spiro atoms. The summed E-state index contributed by atoms with van der Waals surface area (Å²) in [5.74, 6) is 0.913. The number of rotatable bonds is 9. The van der Waals surface area contributed by atoms with Crippen LogP contribution in [-0.2, 0) is 0 Å². The fraction of sp³-hybridized carbons (Fsp3) is 0.333. The van der Waals surface area contributed by atoms with Gasteiger partial charge in [0.05, 0.1) is 19.3 Å². The van der Waals surface area contributed by atoms with E-state index < -0.39 is 0 Å². The minimum absolute atomic E-state index is 0.201. The van der Waals surface area contributed by atoms with E-state index in [0.29, 0.717) is 23.7 Å². The molecule has 2 aromatic rings. The molecule has 0 saturated heterocycles. The fourth-order valence-electron chi connectivity index (χ4n) is 2.55. The molecule has 0 aliphatic carbocycles. The number of thiocarbonyl (C=S) groups is 1. The highest BCUT2D eigenvalue weighted by Crippen LogP contribution is 2.24. The number of carbonyl (C=O) groups excluding carboxylic acids is 1. The minimum atomic E-state index is -0.328. The Morgan fingerprint density at radius 2 is 1.96 bits per heavy atom. The van der Waals surface area contributed by atoms with E-state index in [1.807, 2.05) is 24.3 Å². The Kier molecular flexibility index (Phi) is 9.23.